The molecule has 18 heavy (non-hydrogen) atoms. The van der Waals surface area contributed by atoms with Crippen molar-refractivity contribution in [2.75, 3.05) is 20.6 Å². The first-order valence-corrected chi connectivity index (χ1v) is 7.43. The Morgan fingerprint density at radius 3 is 2.50 bits per heavy atom. The number of nitrogens with one attached hydrogen (secondary N) is 1. The van der Waals surface area contributed by atoms with Crippen LogP contribution >= 0.6 is 0 Å². The highest BCUT2D eigenvalue weighted by molar-refractivity contribution is 5.14. The average molecular weight is 252 g/mol. The predicted molar refractivity (Wildman–Crippen MR) is 82.7 cm³/mol. The lowest BCUT2D eigenvalue weighted by Gasteiger charge is -2.29. The lowest BCUT2D eigenvalue weighted by molar-refractivity contribution is 0.327. The van der Waals surface area contributed by atoms with Crippen molar-refractivity contribution in [1.29, 1.82) is 0 Å². The fourth-order valence-corrected chi connectivity index (χ4v) is 2.18. The molecule has 1 aliphatic heterocycles. The van der Waals surface area contributed by atoms with Crippen LogP contribution in [0.25, 0.3) is 0 Å². The molecule has 0 spiro atoms. The first kappa shape index (κ1) is 17.2. The maximum atomic E-state index is 4.02. The molecule has 1 fully saturated rings. The minimum absolute atomic E-state index is 0.650. The van der Waals surface area contributed by atoms with Gasteiger partial charge < -0.3 is 10.2 Å². The van der Waals surface area contributed by atoms with Gasteiger partial charge in [-0.3, -0.25) is 0 Å². The summed E-state index contributed by atoms with van der Waals surface area (Å²) in [6.07, 6.45) is 9.71. The molecular weight excluding hydrogens is 220 g/mol. The van der Waals surface area contributed by atoms with Crippen molar-refractivity contribution in [2.45, 2.75) is 52.5 Å². The zero-order valence-electron chi connectivity index (χ0n) is 13.0. The van der Waals surface area contributed by atoms with Gasteiger partial charge in [-0.25, -0.2) is 0 Å². The third-order valence-electron chi connectivity index (χ3n) is 3.45. The number of piperidine rings is 1. The second kappa shape index (κ2) is 10.2. The Kier molecular flexibility index (Phi) is 9.76. The van der Waals surface area contributed by atoms with E-state index in [4.69, 9.17) is 0 Å². The lowest BCUT2D eigenvalue weighted by atomic mass is 9.90. The van der Waals surface area contributed by atoms with E-state index in [0.717, 1.165) is 5.70 Å². The van der Waals surface area contributed by atoms with Gasteiger partial charge in [0.15, 0.2) is 0 Å². The van der Waals surface area contributed by atoms with Crippen molar-refractivity contribution in [2.24, 2.45) is 5.92 Å². The van der Waals surface area contributed by atoms with Crippen molar-refractivity contribution >= 4 is 0 Å². The summed E-state index contributed by atoms with van der Waals surface area (Å²) in [6.45, 7) is 11.5. The SMILES string of the molecule is C=C(/C=C\[C@@H](CC)C1CCCCN1)N(C)C.CC. The van der Waals surface area contributed by atoms with E-state index in [-0.39, 0.29) is 0 Å². The van der Waals surface area contributed by atoms with Crippen LogP contribution in [0.2, 0.25) is 0 Å². The van der Waals surface area contributed by atoms with E-state index >= 15 is 0 Å². The van der Waals surface area contributed by atoms with Gasteiger partial charge >= 0.3 is 0 Å². The quantitative estimate of drug-likeness (QED) is 0.748. The van der Waals surface area contributed by atoms with Gasteiger partial charge in [0.1, 0.15) is 0 Å². The predicted octanol–water partition coefficient (Wildman–Crippen LogP) is 3.81. The van der Waals surface area contributed by atoms with Gasteiger partial charge in [0, 0.05) is 25.8 Å². The standard InChI is InChI=1S/C14H26N2.C2H6/c1-5-13(10-9-12(2)16(3)4)14-8-6-7-11-15-14;1-2/h9-10,13-15H,2,5-8,11H2,1,3-4H3;1-2H3/b10-9-;/t13-,14?;/m1./s1. The molecule has 0 aliphatic carbocycles. The fraction of sp³-hybridized carbons (Fsp3) is 0.750. The third-order valence-corrected chi connectivity index (χ3v) is 3.45. The molecule has 106 valence electrons. The molecule has 1 N–H and O–H groups in total. The summed E-state index contributed by atoms with van der Waals surface area (Å²) in [6, 6.07) is 0.671. The average Bonchev–Trinajstić information content (AvgIpc) is 2.42. The maximum absolute atomic E-state index is 4.02. The highest BCUT2D eigenvalue weighted by Gasteiger charge is 2.19. The van der Waals surface area contributed by atoms with Crippen LogP contribution in [-0.2, 0) is 0 Å². The molecule has 1 rings (SSSR count). The first-order chi connectivity index (χ1) is 8.65. The molecule has 0 aromatic heterocycles. The van der Waals surface area contributed by atoms with E-state index in [2.05, 4.69) is 35.9 Å². The Balaban J connectivity index is 0.00000137. The van der Waals surface area contributed by atoms with E-state index in [0.29, 0.717) is 12.0 Å². The summed E-state index contributed by atoms with van der Waals surface area (Å²) in [5.74, 6) is 0.650. The summed E-state index contributed by atoms with van der Waals surface area (Å²) in [5.41, 5.74) is 1.08. The number of rotatable bonds is 5. The molecule has 2 heteroatoms. The highest BCUT2D eigenvalue weighted by Crippen LogP contribution is 2.19. The smallest absolute Gasteiger partial charge is 0.0284 e. The van der Waals surface area contributed by atoms with Crippen LogP contribution in [-0.4, -0.2) is 31.6 Å². The zero-order valence-corrected chi connectivity index (χ0v) is 13.0. The van der Waals surface area contributed by atoms with E-state index in [1.54, 1.807) is 0 Å². The highest BCUT2D eigenvalue weighted by atomic mass is 15.1. The Hall–Kier alpha value is -0.760. The van der Waals surface area contributed by atoms with Gasteiger partial charge in [0.05, 0.1) is 0 Å². The number of nitrogens with zero attached hydrogens (tertiary/aromatic N) is 1. The second-order valence-electron chi connectivity index (χ2n) is 4.87. The van der Waals surface area contributed by atoms with Crippen molar-refractivity contribution in [3.63, 3.8) is 0 Å². The van der Waals surface area contributed by atoms with Crippen LogP contribution in [0, 0.1) is 5.92 Å². The van der Waals surface area contributed by atoms with Crippen molar-refractivity contribution < 1.29 is 0 Å². The molecule has 0 amide bonds. The number of likely N-dealkylation sites (N-methyl/N-ethyl adjacent to an activating group) is 1. The molecule has 0 saturated carbocycles. The van der Waals surface area contributed by atoms with Gasteiger partial charge in [-0.1, -0.05) is 39.8 Å². The molecule has 1 saturated heterocycles. The van der Waals surface area contributed by atoms with Crippen LogP contribution < -0.4 is 5.32 Å². The first-order valence-electron chi connectivity index (χ1n) is 7.43. The Labute approximate surface area is 114 Å². The van der Waals surface area contributed by atoms with Crippen LogP contribution in [0.3, 0.4) is 0 Å². The van der Waals surface area contributed by atoms with Crippen molar-refractivity contribution in [1.82, 2.24) is 10.2 Å². The van der Waals surface area contributed by atoms with E-state index in [1.807, 2.05) is 27.9 Å². The monoisotopic (exact) mass is 252 g/mol. The van der Waals surface area contributed by atoms with Gasteiger partial charge in [-0.2, -0.15) is 0 Å². The molecule has 0 bridgehead atoms. The second-order valence-corrected chi connectivity index (χ2v) is 4.87. The maximum Gasteiger partial charge on any atom is 0.0284 e. The largest absolute Gasteiger partial charge is 0.378 e. The third kappa shape index (κ3) is 6.25. The number of allylic oxidation sites excluding steroid dienone is 1. The Bertz CT molecular complexity index is 237. The summed E-state index contributed by atoms with van der Waals surface area (Å²) in [7, 11) is 4.07. The topological polar surface area (TPSA) is 15.3 Å². The zero-order chi connectivity index (χ0) is 14.0. The molecule has 1 aliphatic rings. The Morgan fingerprint density at radius 2 is 2.06 bits per heavy atom. The minimum Gasteiger partial charge on any atom is -0.378 e. The fourth-order valence-electron chi connectivity index (χ4n) is 2.18. The van der Waals surface area contributed by atoms with Crippen molar-refractivity contribution in [3.05, 3.63) is 24.4 Å². The van der Waals surface area contributed by atoms with Crippen LogP contribution in [0.5, 0.6) is 0 Å². The summed E-state index contributed by atoms with van der Waals surface area (Å²) < 4.78 is 0. The van der Waals surface area contributed by atoms with E-state index < -0.39 is 0 Å². The van der Waals surface area contributed by atoms with Gasteiger partial charge in [-0.15, -0.1) is 0 Å². The normalized spacial score (nSPS) is 21.1. The molecule has 1 heterocycles. The molecular formula is C16H32N2. The van der Waals surface area contributed by atoms with E-state index in [1.165, 1.54) is 32.2 Å². The molecule has 1 unspecified atom stereocenters. The lowest BCUT2D eigenvalue weighted by Crippen LogP contribution is -2.39. The number of hydrogen-bond acceptors (Lipinski definition) is 2. The molecule has 0 aromatic carbocycles. The molecule has 2 atom stereocenters. The van der Waals surface area contributed by atoms with Gasteiger partial charge in [-0.05, 0) is 37.8 Å². The Morgan fingerprint density at radius 1 is 1.39 bits per heavy atom. The molecule has 0 aromatic rings. The summed E-state index contributed by atoms with van der Waals surface area (Å²) in [5, 5.41) is 3.63. The van der Waals surface area contributed by atoms with Crippen LogP contribution in [0.4, 0.5) is 0 Å². The summed E-state index contributed by atoms with van der Waals surface area (Å²) >= 11 is 0. The van der Waals surface area contributed by atoms with Crippen molar-refractivity contribution in [3.8, 4) is 0 Å². The summed E-state index contributed by atoms with van der Waals surface area (Å²) in [4.78, 5) is 2.05. The van der Waals surface area contributed by atoms with Crippen LogP contribution in [0.1, 0.15) is 46.5 Å². The molecule has 0 radical (unpaired) electrons. The molecule has 2 nitrogen and oxygen atoms in total. The van der Waals surface area contributed by atoms with Gasteiger partial charge in [0.25, 0.3) is 0 Å². The minimum atomic E-state index is 0.650. The number of hydrogen-bond donors (Lipinski definition) is 1. The van der Waals surface area contributed by atoms with E-state index in [9.17, 15) is 0 Å². The van der Waals surface area contributed by atoms with Crippen LogP contribution in [0.15, 0.2) is 24.4 Å². The van der Waals surface area contributed by atoms with Gasteiger partial charge in [0.2, 0.25) is 0 Å².